The van der Waals surface area contributed by atoms with E-state index in [-0.39, 0.29) is 31.0 Å². The van der Waals surface area contributed by atoms with Gasteiger partial charge in [0.25, 0.3) is 11.8 Å². The van der Waals surface area contributed by atoms with Crippen molar-refractivity contribution >= 4 is 23.6 Å². The van der Waals surface area contributed by atoms with Gasteiger partial charge in [-0.2, -0.15) is 0 Å². The van der Waals surface area contributed by atoms with Gasteiger partial charge < -0.3 is 4.84 Å². The Morgan fingerprint density at radius 2 is 1.76 bits per heavy atom. The van der Waals surface area contributed by atoms with E-state index >= 15 is 0 Å². The van der Waals surface area contributed by atoms with Crippen molar-refractivity contribution < 1.29 is 24.0 Å². The fraction of sp³-hybridized carbons (Fsp3) is 0.733. The summed E-state index contributed by atoms with van der Waals surface area (Å²) < 4.78 is 0. The molecule has 1 atom stereocenters. The van der Waals surface area contributed by atoms with E-state index in [0.29, 0.717) is 17.9 Å². The highest BCUT2D eigenvalue weighted by atomic mass is 16.7. The third-order valence-electron chi connectivity index (χ3n) is 3.57. The third-order valence-corrected chi connectivity index (χ3v) is 3.57. The summed E-state index contributed by atoms with van der Waals surface area (Å²) in [6.45, 7) is 3.82. The highest BCUT2D eigenvalue weighted by molar-refractivity contribution is 6.01. The number of imide groups is 1. The molecule has 6 heteroatoms. The van der Waals surface area contributed by atoms with E-state index in [4.69, 9.17) is 4.84 Å². The summed E-state index contributed by atoms with van der Waals surface area (Å²) in [6.07, 6.45) is 3.98. The summed E-state index contributed by atoms with van der Waals surface area (Å²) in [4.78, 5) is 51.2. The van der Waals surface area contributed by atoms with Crippen LogP contribution in [0, 0.1) is 5.92 Å². The Bertz CT molecular complexity index is 402. The van der Waals surface area contributed by atoms with Crippen LogP contribution < -0.4 is 0 Å². The highest BCUT2D eigenvalue weighted by Crippen LogP contribution is 2.19. The Kier molecular flexibility index (Phi) is 7.05. The quantitative estimate of drug-likeness (QED) is 0.481. The molecule has 0 aromatic rings. The van der Waals surface area contributed by atoms with Gasteiger partial charge in [0.2, 0.25) is 0 Å². The van der Waals surface area contributed by atoms with E-state index in [2.05, 4.69) is 6.92 Å². The molecule has 1 aliphatic rings. The summed E-state index contributed by atoms with van der Waals surface area (Å²) in [5.74, 6) is -2.07. The molecule has 118 valence electrons. The average molecular weight is 297 g/mol. The minimum Gasteiger partial charge on any atom is -0.330 e. The first-order valence-corrected chi connectivity index (χ1v) is 7.58. The van der Waals surface area contributed by atoms with Crippen LogP contribution in [0.25, 0.3) is 0 Å². The average Bonchev–Trinajstić information content (AvgIpc) is 2.77. The zero-order valence-corrected chi connectivity index (χ0v) is 12.7. The first kappa shape index (κ1) is 17.3. The van der Waals surface area contributed by atoms with Crippen LogP contribution in [0.2, 0.25) is 0 Å². The molecule has 0 bridgehead atoms. The van der Waals surface area contributed by atoms with Crippen molar-refractivity contribution in [2.24, 2.45) is 5.92 Å². The number of hydrogen-bond donors (Lipinski definition) is 0. The minimum atomic E-state index is -0.693. The Labute approximate surface area is 124 Å². The molecule has 6 nitrogen and oxygen atoms in total. The SMILES string of the molecule is CCCCCC(CC(=O)ON1C(=O)CCC1=O)C(=O)CC. The summed E-state index contributed by atoms with van der Waals surface area (Å²) >= 11 is 0. The maximum atomic E-state index is 11.9. The Hall–Kier alpha value is -1.72. The maximum absolute atomic E-state index is 11.9. The van der Waals surface area contributed by atoms with Crippen LogP contribution in [0.4, 0.5) is 0 Å². The minimum absolute atomic E-state index is 0.0159. The van der Waals surface area contributed by atoms with Gasteiger partial charge >= 0.3 is 5.97 Å². The molecule has 21 heavy (non-hydrogen) atoms. The van der Waals surface area contributed by atoms with Crippen molar-refractivity contribution in [3.05, 3.63) is 0 Å². The van der Waals surface area contributed by atoms with Crippen molar-refractivity contribution in [1.82, 2.24) is 5.06 Å². The van der Waals surface area contributed by atoms with Crippen LogP contribution in [-0.2, 0) is 24.0 Å². The predicted molar refractivity (Wildman–Crippen MR) is 74.7 cm³/mol. The fourth-order valence-electron chi connectivity index (χ4n) is 2.30. The number of amides is 2. The van der Waals surface area contributed by atoms with Gasteiger partial charge in [-0.25, -0.2) is 4.79 Å². The molecule has 1 saturated heterocycles. The summed E-state index contributed by atoms with van der Waals surface area (Å²) in [5.41, 5.74) is 0. The molecule has 0 saturated carbocycles. The van der Waals surface area contributed by atoms with Gasteiger partial charge in [0.1, 0.15) is 5.78 Å². The number of ketones is 1. The Balaban J connectivity index is 2.52. The molecular weight excluding hydrogens is 274 g/mol. The molecular formula is C15H23NO5. The topological polar surface area (TPSA) is 80.8 Å². The molecule has 0 aromatic carbocycles. The van der Waals surface area contributed by atoms with Gasteiger partial charge in [-0.15, -0.1) is 5.06 Å². The largest absolute Gasteiger partial charge is 0.333 e. The normalized spacial score (nSPS) is 16.2. The van der Waals surface area contributed by atoms with Gasteiger partial charge in [-0.05, 0) is 6.42 Å². The zero-order valence-electron chi connectivity index (χ0n) is 12.7. The molecule has 0 N–H and O–H groups in total. The predicted octanol–water partition coefficient (Wildman–Crippen LogP) is 2.16. The van der Waals surface area contributed by atoms with Crippen LogP contribution in [0.3, 0.4) is 0 Å². The molecule has 0 radical (unpaired) electrons. The lowest BCUT2D eigenvalue weighted by molar-refractivity contribution is -0.198. The Morgan fingerprint density at radius 1 is 1.14 bits per heavy atom. The highest BCUT2D eigenvalue weighted by Gasteiger charge is 2.33. The van der Waals surface area contributed by atoms with Gasteiger partial charge in [0.05, 0.1) is 6.42 Å². The zero-order chi connectivity index (χ0) is 15.8. The number of rotatable bonds is 9. The molecule has 1 heterocycles. The number of hydroxylamine groups is 2. The lowest BCUT2D eigenvalue weighted by Gasteiger charge is -2.17. The fourth-order valence-corrected chi connectivity index (χ4v) is 2.30. The number of carbonyl (C=O) groups excluding carboxylic acids is 4. The second-order valence-electron chi connectivity index (χ2n) is 5.26. The smallest absolute Gasteiger partial charge is 0.330 e. The molecule has 0 aromatic heterocycles. The molecule has 1 rings (SSSR count). The van der Waals surface area contributed by atoms with Gasteiger partial charge in [-0.3, -0.25) is 14.4 Å². The number of carbonyl (C=O) groups is 4. The van der Waals surface area contributed by atoms with E-state index < -0.39 is 17.8 Å². The summed E-state index contributed by atoms with van der Waals surface area (Å²) in [7, 11) is 0. The lowest BCUT2D eigenvalue weighted by Crippen LogP contribution is -2.33. The first-order chi connectivity index (χ1) is 9.99. The monoisotopic (exact) mass is 297 g/mol. The van der Waals surface area contributed by atoms with Gasteiger partial charge in [0, 0.05) is 25.2 Å². The van der Waals surface area contributed by atoms with Crippen molar-refractivity contribution in [3.8, 4) is 0 Å². The maximum Gasteiger partial charge on any atom is 0.333 e. The van der Waals surface area contributed by atoms with Gasteiger partial charge in [0.15, 0.2) is 0 Å². The Morgan fingerprint density at radius 3 is 2.29 bits per heavy atom. The van der Waals surface area contributed by atoms with Crippen molar-refractivity contribution in [2.75, 3.05) is 0 Å². The molecule has 1 unspecified atom stereocenters. The van der Waals surface area contributed by atoms with Crippen molar-refractivity contribution in [2.45, 2.75) is 65.2 Å². The second-order valence-corrected chi connectivity index (χ2v) is 5.26. The van der Waals surface area contributed by atoms with Gasteiger partial charge in [-0.1, -0.05) is 33.1 Å². The van der Waals surface area contributed by atoms with Crippen molar-refractivity contribution in [1.29, 1.82) is 0 Å². The van der Waals surface area contributed by atoms with E-state index in [1.807, 2.05) is 0 Å². The number of unbranched alkanes of at least 4 members (excludes halogenated alkanes) is 2. The van der Waals surface area contributed by atoms with E-state index in [1.165, 1.54) is 0 Å². The van der Waals surface area contributed by atoms with Crippen LogP contribution in [0.15, 0.2) is 0 Å². The molecule has 0 spiro atoms. The molecule has 0 aliphatic carbocycles. The molecule has 2 amide bonds. The number of Topliss-reactive ketones (excluding diaryl/α,β-unsaturated/α-hetero) is 1. The van der Waals surface area contributed by atoms with E-state index in [1.54, 1.807) is 6.92 Å². The summed E-state index contributed by atoms with van der Waals surface area (Å²) in [5, 5.41) is 0.530. The number of nitrogens with zero attached hydrogens (tertiary/aromatic N) is 1. The second kappa shape index (κ2) is 8.54. The number of hydrogen-bond acceptors (Lipinski definition) is 5. The van der Waals surface area contributed by atoms with Crippen LogP contribution in [-0.4, -0.2) is 28.6 Å². The van der Waals surface area contributed by atoms with Crippen LogP contribution in [0.5, 0.6) is 0 Å². The van der Waals surface area contributed by atoms with Crippen LogP contribution >= 0.6 is 0 Å². The van der Waals surface area contributed by atoms with E-state index in [0.717, 1.165) is 19.3 Å². The standard InChI is InChI=1S/C15H23NO5/c1-3-5-6-7-11(12(17)4-2)10-15(20)21-16-13(18)8-9-14(16)19/h11H,3-10H2,1-2H3. The summed E-state index contributed by atoms with van der Waals surface area (Å²) in [6, 6.07) is 0. The van der Waals surface area contributed by atoms with Crippen molar-refractivity contribution in [3.63, 3.8) is 0 Å². The molecule has 1 fully saturated rings. The van der Waals surface area contributed by atoms with E-state index in [9.17, 15) is 19.2 Å². The third kappa shape index (κ3) is 5.28. The van der Waals surface area contributed by atoms with Crippen LogP contribution in [0.1, 0.15) is 65.2 Å². The lowest BCUT2D eigenvalue weighted by atomic mass is 9.92. The molecule has 1 aliphatic heterocycles. The first-order valence-electron chi connectivity index (χ1n) is 7.58.